The van der Waals surface area contributed by atoms with Crippen LogP contribution in [0.4, 0.5) is 0 Å². The fraction of sp³-hybridized carbons (Fsp3) is 0.435. The van der Waals surface area contributed by atoms with E-state index < -0.39 is 5.60 Å². The number of piperidine rings is 1. The molecule has 3 nitrogen and oxygen atoms in total. The molecule has 0 radical (unpaired) electrons. The quantitative estimate of drug-likeness (QED) is 0.439. The van der Waals surface area contributed by atoms with Gasteiger partial charge in [0.25, 0.3) is 0 Å². The number of ketones is 1. The predicted molar refractivity (Wildman–Crippen MR) is 118 cm³/mol. The second kappa shape index (κ2) is 9.28. The molecule has 0 saturated carbocycles. The van der Waals surface area contributed by atoms with Crippen LogP contribution in [0.3, 0.4) is 0 Å². The molecule has 1 N–H and O–H groups in total. The second-order valence-corrected chi connectivity index (χ2v) is 9.79. The lowest BCUT2D eigenvalue weighted by Gasteiger charge is -2.31. The Morgan fingerprint density at radius 1 is 1.29 bits per heavy atom. The number of rotatable bonds is 5. The average molecular weight is 414 g/mol. The van der Waals surface area contributed by atoms with Gasteiger partial charge in [0.2, 0.25) is 0 Å². The zero-order valence-corrected chi connectivity index (χ0v) is 18.3. The van der Waals surface area contributed by atoms with Gasteiger partial charge in [-0.1, -0.05) is 24.0 Å². The molecule has 0 spiro atoms. The van der Waals surface area contributed by atoms with Crippen molar-refractivity contribution in [1.29, 1.82) is 0 Å². The molecule has 0 aliphatic carbocycles. The SMILES string of the molecule is CSc1ccc(C(=O)[C@@H]2CCCN(Cc3ccc(C#CC(C)(C)O)s3)C2)cc1. The largest absolute Gasteiger partial charge is 0.378 e. The van der Waals surface area contributed by atoms with Crippen molar-refractivity contribution in [1.82, 2.24) is 4.90 Å². The fourth-order valence-electron chi connectivity index (χ4n) is 3.37. The molecule has 3 rings (SSSR count). The minimum absolute atomic E-state index is 0.0725. The molecule has 148 valence electrons. The second-order valence-electron chi connectivity index (χ2n) is 7.74. The molecule has 0 bridgehead atoms. The summed E-state index contributed by atoms with van der Waals surface area (Å²) in [5.41, 5.74) is -0.150. The van der Waals surface area contributed by atoms with Crippen LogP contribution >= 0.6 is 23.1 Å². The number of carbonyl (C=O) groups is 1. The van der Waals surface area contributed by atoms with Crippen molar-refractivity contribution in [3.63, 3.8) is 0 Å². The smallest absolute Gasteiger partial charge is 0.167 e. The number of benzene rings is 1. The van der Waals surface area contributed by atoms with E-state index in [-0.39, 0.29) is 11.7 Å². The molecule has 0 unspecified atom stereocenters. The highest BCUT2D eigenvalue weighted by Gasteiger charge is 2.26. The van der Waals surface area contributed by atoms with Crippen LogP contribution in [0.1, 0.15) is 46.8 Å². The van der Waals surface area contributed by atoms with Crippen molar-refractivity contribution in [2.24, 2.45) is 5.92 Å². The summed E-state index contributed by atoms with van der Waals surface area (Å²) in [5.74, 6) is 6.24. The van der Waals surface area contributed by atoms with E-state index in [1.54, 1.807) is 36.9 Å². The summed E-state index contributed by atoms with van der Waals surface area (Å²) < 4.78 is 0. The molecule has 1 aromatic carbocycles. The Balaban J connectivity index is 1.61. The number of nitrogens with zero attached hydrogens (tertiary/aromatic N) is 1. The molecular formula is C23H27NO2S2. The molecule has 2 heterocycles. The summed E-state index contributed by atoms with van der Waals surface area (Å²) in [6.07, 6.45) is 4.06. The highest BCUT2D eigenvalue weighted by atomic mass is 32.2. The third-order valence-corrected chi connectivity index (χ3v) is 6.51. The standard InChI is InChI=1S/C23H27NO2S2/c1-23(2,26)13-12-20-10-11-21(28-20)16-24-14-4-5-18(15-24)22(25)17-6-8-19(27-3)9-7-17/h6-11,18,26H,4-5,14-16H2,1-3H3/t18-/m1/s1. The number of hydrogen-bond donors (Lipinski definition) is 1. The number of carbonyl (C=O) groups excluding carboxylic acids is 1. The normalized spacial score (nSPS) is 17.8. The van der Waals surface area contributed by atoms with Gasteiger partial charge in [-0.15, -0.1) is 23.1 Å². The Morgan fingerprint density at radius 2 is 2.04 bits per heavy atom. The van der Waals surface area contributed by atoms with Crippen molar-refractivity contribution in [2.75, 3.05) is 19.3 Å². The molecule has 1 aliphatic heterocycles. The van der Waals surface area contributed by atoms with Crippen molar-refractivity contribution >= 4 is 28.9 Å². The van der Waals surface area contributed by atoms with E-state index in [9.17, 15) is 9.90 Å². The lowest BCUT2D eigenvalue weighted by molar-refractivity contribution is 0.0812. The molecule has 1 aliphatic rings. The molecule has 0 amide bonds. The zero-order valence-electron chi connectivity index (χ0n) is 16.7. The van der Waals surface area contributed by atoms with Gasteiger partial charge in [-0.2, -0.15) is 0 Å². The topological polar surface area (TPSA) is 40.5 Å². The van der Waals surface area contributed by atoms with E-state index in [1.165, 1.54) is 9.77 Å². The Hall–Kier alpha value is -1.58. The molecular weight excluding hydrogens is 386 g/mol. The van der Waals surface area contributed by atoms with E-state index in [1.807, 2.05) is 36.6 Å². The van der Waals surface area contributed by atoms with Gasteiger partial charge < -0.3 is 5.11 Å². The number of thiophene rings is 1. The minimum Gasteiger partial charge on any atom is -0.378 e. The number of Topliss-reactive ketones (excluding diaryl/α,β-unsaturated/α-hetero) is 1. The van der Waals surface area contributed by atoms with Gasteiger partial charge in [-0.05, 0) is 63.8 Å². The van der Waals surface area contributed by atoms with Crippen molar-refractivity contribution < 1.29 is 9.90 Å². The van der Waals surface area contributed by atoms with Crippen molar-refractivity contribution in [2.45, 2.75) is 43.7 Å². The molecule has 2 aromatic rings. The minimum atomic E-state index is -0.974. The van der Waals surface area contributed by atoms with Gasteiger partial charge in [0, 0.05) is 34.3 Å². The Bertz CT molecular complexity index is 868. The lowest BCUT2D eigenvalue weighted by Crippen LogP contribution is -2.38. The van der Waals surface area contributed by atoms with Gasteiger partial charge in [-0.25, -0.2) is 0 Å². The first-order valence-corrected chi connectivity index (χ1v) is 11.6. The van der Waals surface area contributed by atoms with E-state index in [4.69, 9.17) is 0 Å². The number of thioether (sulfide) groups is 1. The van der Waals surface area contributed by atoms with Crippen LogP contribution in [0, 0.1) is 17.8 Å². The molecule has 1 saturated heterocycles. The first-order chi connectivity index (χ1) is 13.3. The summed E-state index contributed by atoms with van der Waals surface area (Å²) in [6.45, 7) is 6.07. The summed E-state index contributed by atoms with van der Waals surface area (Å²) >= 11 is 3.35. The Labute approximate surface area is 176 Å². The molecule has 1 atom stereocenters. The summed E-state index contributed by atoms with van der Waals surface area (Å²) in [7, 11) is 0. The maximum atomic E-state index is 12.9. The predicted octanol–water partition coefficient (Wildman–Crippen LogP) is 4.69. The van der Waals surface area contributed by atoms with Gasteiger partial charge in [-0.3, -0.25) is 9.69 Å². The summed E-state index contributed by atoms with van der Waals surface area (Å²) in [4.78, 5) is 18.7. The van der Waals surface area contributed by atoms with Crippen LogP contribution in [0.15, 0.2) is 41.3 Å². The van der Waals surface area contributed by atoms with Crippen molar-refractivity contribution in [3.8, 4) is 11.8 Å². The highest BCUT2D eigenvalue weighted by molar-refractivity contribution is 7.98. The fourth-order valence-corrected chi connectivity index (χ4v) is 4.68. The first kappa shape index (κ1) is 21.1. The Kier molecular flexibility index (Phi) is 7.00. The van der Waals surface area contributed by atoms with Crippen LogP contribution in [0.5, 0.6) is 0 Å². The van der Waals surface area contributed by atoms with Gasteiger partial charge in [0.05, 0.1) is 4.88 Å². The third kappa shape index (κ3) is 5.96. The van der Waals surface area contributed by atoms with E-state index in [0.717, 1.165) is 42.9 Å². The van der Waals surface area contributed by atoms with Crippen LogP contribution in [0.2, 0.25) is 0 Å². The monoisotopic (exact) mass is 413 g/mol. The maximum Gasteiger partial charge on any atom is 0.167 e. The van der Waals surface area contributed by atoms with Crippen molar-refractivity contribution in [3.05, 3.63) is 51.7 Å². The van der Waals surface area contributed by atoms with E-state index >= 15 is 0 Å². The van der Waals surface area contributed by atoms with Gasteiger partial charge in [0.15, 0.2) is 5.78 Å². The van der Waals surface area contributed by atoms with Crippen LogP contribution in [-0.4, -0.2) is 40.7 Å². The van der Waals surface area contributed by atoms with Crippen LogP contribution in [-0.2, 0) is 6.54 Å². The Morgan fingerprint density at radius 3 is 2.71 bits per heavy atom. The molecule has 1 aromatic heterocycles. The molecule has 28 heavy (non-hydrogen) atoms. The van der Waals surface area contributed by atoms with Crippen LogP contribution < -0.4 is 0 Å². The first-order valence-electron chi connectivity index (χ1n) is 9.59. The molecule has 5 heteroatoms. The lowest BCUT2D eigenvalue weighted by atomic mass is 9.90. The average Bonchev–Trinajstić information content (AvgIpc) is 3.13. The molecule has 1 fully saturated rings. The summed E-state index contributed by atoms with van der Waals surface area (Å²) in [6, 6.07) is 12.1. The zero-order chi connectivity index (χ0) is 20.1. The van der Waals surface area contributed by atoms with Crippen LogP contribution in [0.25, 0.3) is 0 Å². The summed E-state index contributed by atoms with van der Waals surface area (Å²) in [5, 5.41) is 9.74. The highest BCUT2D eigenvalue weighted by Crippen LogP contribution is 2.25. The number of likely N-dealkylation sites (tertiary alicyclic amines) is 1. The number of aliphatic hydroxyl groups is 1. The van der Waals surface area contributed by atoms with Gasteiger partial charge in [0.1, 0.15) is 5.60 Å². The number of hydrogen-bond acceptors (Lipinski definition) is 5. The maximum absolute atomic E-state index is 12.9. The van der Waals surface area contributed by atoms with E-state index in [2.05, 4.69) is 22.8 Å². The van der Waals surface area contributed by atoms with Gasteiger partial charge >= 0.3 is 0 Å². The van der Waals surface area contributed by atoms with E-state index in [0.29, 0.717) is 0 Å². The third-order valence-electron chi connectivity index (χ3n) is 4.78.